The molecule has 0 bridgehead atoms. The minimum absolute atomic E-state index is 0.0243. The number of halogens is 1. The lowest BCUT2D eigenvalue weighted by atomic mass is 10.1. The fraction of sp³-hybridized carbons (Fsp3) is 0.167. The lowest BCUT2D eigenvalue weighted by Crippen LogP contribution is -2.02. The number of aryl methyl sites for hydroxylation is 1. The summed E-state index contributed by atoms with van der Waals surface area (Å²) in [6, 6.07) is 9.66. The fourth-order valence-electron chi connectivity index (χ4n) is 1.59. The minimum atomic E-state index is 0.0243. The smallest absolute Gasteiger partial charge is 0.177 e. The Bertz CT molecular complexity index is 546. The largest absolute Gasteiger partial charge is 0.293 e. The molecule has 82 valence electrons. The molecule has 0 N–H and O–H groups in total. The van der Waals surface area contributed by atoms with Crippen molar-refractivity contribution in [3.63, 3.8) is 0 Å². The highest BCUT2D eigenvalue weighted by molar-refractivity contribution is 9.10. The third-order valence-corrected chi connectivity index (χ3v) is 2.85. The first-order valence-corrected chi connectivity index (χ1v) is 5.68. The predicted octanol–water partition coefficient (Wildman–Crippen LogP) is 3.05. The Kier molecular flexibility index (Phi) is 2.92. The molecule has 16 heavy (non-hydrogen) atoms. The first kappa shape index (κ1) is 11.1. The Balaban J connectivity index is 2.49. The summed E-state index contributed by atoms with van der Waals surface area (Å²) in [5.74, 6) is 0.0243. The van der Waals surface area contributed by atoms with Crippen molar-refractivity contribution in [2.24, 2.45) is 7.05 Å². The van der Waals surface area contributed by atoms with Crippen LogP contribution >= 0.6 is 15.9 Å². The van der Waals surface area contributed by atoms with E-state index in [1.165, 1.54) is 0 Å². The van der Waals surface area contributed by atoms with Gasteiger partial charge in [-0.05, 0) is 18.2 Å². The number of hydrogen-bond donors (Lipinski definition) is 0. The Hall–Kier alpha value is -1.42. The molecule has 0 aliphatic heterocycles. The number of aromatic nitrogens is 2. The zero-order valence-electron chi connectivity index (χ0n) is 9.07. The van der Waals surface area contributed by atoms with Gasteiger partial charge >= 0.3 is 0 Å². The third-order valence-electron chi connectivity index (χ3n) is 2.36. The lowest BCUT2D eigenvalue weighted by molar-refractivity contribution is 0.100. The van der Waals surface area contributed by atoms with Gasteiger partial charge in [0.2, 0.25) is 0 Å². The Morgan fingerprint density at radius 1 is 1.38 bits per heavy atom. The van der Waals surface area contributed by atoms with Crippen molar-refractivity contribution in [2.75, 3.05) is 0 Å². The molecule has 0 saturated carbocycles. The molecule has 3 nitrogen and oxygen atoms in total. The van der Waals surface area contributed by atoms with E-state index in [0.717, 1.165) is 15.7 Å². The van der Waals surface area contributed by atoms with Crippen LogP contribution in [0.3, 0.4) is 0 Å². The van der Waals surface area contributed by atoms with E-state index in [-0.39, 0.29) is 5.78 Å². The molecule has 0 fully saturated rings. The van der Waals surface area contributed by atoms with Crippen LogP contribution in [0, 0.1) is 0 Å². The second-order valence-electron chi connectivity index (χ2n) is 3.60. The quantitative estimate of drug-likeness (QED) is 0.792. The Labute approximate surface area is 102 Å². The number of carbonyl (C=O) groups excluding carboxylic acids is 1. The van der Waals surface area contributed by atoms with Crippen LogP contribution in [0.1, 0.15) is 17.4 Å². The summed E-state index contributed by atoms with van der Waals surface area (Å²) in [4.78, 5) is 11.3. The van der Waals surface area contributed by atoms with Gasteiger partial charge in [-0.3, -0.25) is 9.48 Å². The molecule has 0 unspecified atom stereocenters. The maximum atomic E-state index is 11.3. The fourth-order valence-corrected chi connectivity index (χ4v) is 1.98. The van der Waals surface area contributed by atoms with E-state index in [2.05, 4.69) is 21.0 Å². The number of carbonyl (C=O) groups is 1. The minimum Gasteiger partial charge on any atom is -0.293 e. The molecule has 4 heteroatoms. The Morgan fingerprint density at radius 3 is 2.69 bits per heavy atom. The summed E-state index contributed by atoms with van der Waals surface area (Å²) >= 11 is 3.41. The molecule has 0 saturated heterocycles. The van der Waals surface area contributed by atoms with Crippen LogP contribution in [0.25, 0.3) is 11.3 Å². The predicted molar refractivity (Wildman–Crippen MR) is 66.3 cm³/mol. The van der Waals surface area contributed by atoms with Crippen LogP contribution in [0.2, 0.25) is 0 Å². The highest BCUT2D eigenvalue weighted by Gasteiger charge is 2.10. The average Bonchev–Trinajstić information content (AvgIpc) is 2.60. The topological polar surface area (TPSA) is 34.9 Å². The number of nitrogens with zero attached hydrogens (tertiary/aromatic N) is 2. The van der Waals surface area contributed by atoms with Crippen molar-refractivity contribution in [3.05, 3.63) is 40.5 Å². The molecule has 2 aromatic rings. The summed E-state index contributed by atoms with van der Waals surface area (Å²) < 4.78 is 2.61. The highest BCUT2D eigenvalue weighted by atomic mass is 79.9. The molecule has 0 spiro atoms. The molecule has 0 amide bonds. The van der Waals surface area contributed by atoms with Gasteiger partial charge in [-0.15, -0.1) is 0 Å². The molecule has 1 heterocycles. The SMILES string of the molecule is CC(=O)c1cc(-c2cccc(Br)c2)nn1C. The zero-order chi connectivity index (χ0) is 11.7. The number of benzene rings is 1. The van der Waals surface area contributed by atoms with E-state index in [9.17, 15) is 4.79 Å². The first-order chi connectivity index (χ1) is 7.58. The van der Waals surface area contributed by atoms with E-state index in [0.29, 0.717) is 5.69 Å². The van der Waals surface area contributed by atoms with Gasteiger partial charge in [-0.25, -0.2) is 0 Å². The Morgan fingerprint density at radius 2 is 2.12 bits per heavy atom. The van der Waals surface area contributed by atoms with Crippen LogP contribution < -0.4 is 0 Å². The average molecular weight is 279 g/mol. The van der Waals surface area contributed by atoms with Crippen molar-refractivity contribution < 1.29 is 4.79 Å². The number of rotatable bonds is 2. The van der Waals surface area contributed by atoms with Crippen molar-refractivity contribution in [3.8, 4) is 11.3 Å². The van der Waals surface area contributed by atoms with Gasteiger partial charge in [-0.1, -0.05) is 28.1 Å². The van der Waals surface area contributed by atoms with E-state index in [1.54, 1.807) is 18.7 Å². The maximum Gasteiger partial charge on any atom is 0.177 e. The van der Waals surface area contributed by atoms with E-state index < -0.39 is 0 Å². The molecule has 1 aromatic carbocycles. The molecule has 0 radical (unpaired) electrons. The van der Waals surface area contributed by atoms with E-state index in [4.69, 9.17) is 0 Å². The summed E-state index contributed by atoms with van der Waals surface area (Å²) in [6.45, 7) is 1.54. The zero-order valence-corrected chi connectivity index (χ0v) is 10.7. The monoisotopic (exact) mass is 278 g/mol. The molecule has 1 aromatic heterocycles. The second-order valence-corrected chi connectivity index (χ2v) is 4.52. The van der Waals surface area contributed by atoms with Gasteiger partial charge in [0.15, 0.2) is 5.78 Å². The molecule has 0 aliphatic carbocycles. The van der Waals surface area contributed by atoms with Crippen LogP contribution in [0.5, 0.6) is 0 Å². The van der Waals surface area contributed by atoms with Gasteiger partial charge in [0.1, 0.15) is 5.69 Å². The number of Topliss-reactive ketones (excluding diaryl/α,β-unsaturated/α-hetero) is 1. The molecular weight excluding hydrogens is 268 g/mol. The molecule has 0 aliphatic rings. The van der Waals surface area contributed by atoms with Gasteiger partial charge in [0.05, 0.1) is 5.69 Å². The van der Waals surface area contributed by atoms with Crippen molar-refractivity contribution in [1.29, 1.82) is 0 Å². The maximum absolute atomic E-state index is 11.3. The van der Waals surface area contributed by atoms with Gasteiger partial charge in [0.25, 0.3) is 0 Å². The van der Waals surface area contributed by atoms with Gasteiger partial charge < -0.3 is 0 Å². The van der Waals surface area contributed by atoms with Gasteiger partial charge in [-0.2, -0.15) is 5.10 Å². The van der Waals surface area contributed by atoms with Crippen LogP contribution in [0.4, 0.5) is 0 Å². The first-order valence-electron chi connectivity index (χ1n) is 4.89. The summed E-state index contributed by atoms with van der Waals surface area (Å²) in [5.41, 5.74) is 2.43. The van der Waals surface area contributed by atoms with Crippen molar-refractivity contribution >= 4 is 21.7 Å². The van der Waals surface area contributed by atoms with E-state index >= 15 is 0 Å². The van der Waals surface area contributed by atoms with E-state index in [1.807, 2.05) is 30.3 Å². The number of hydrogen-bond acceptors (Lipinski definition) is 2. The number of ketones is 1. The van der Waals surface area contributed by atoms with Crippen LogP contribution in [0.15, 0.2) is 34.8 Å². The second kappa shape index (κ2) is 4.22. The summed E-state index contributed by atoms with van der Waals surface area (Å²) in [5, 5.41) is 4.32. The third kappa shape index (κ3) is 2.07. The highest BCUT2D eigenvalue weighted by Crippen LogP contribution is 2.22. The molecular formula is C12H11BrN2O. The van der Waals surface area contributed by atoms with Gasteiger partial charge in [0, 0.05) is 24.0 Å². The normalized spacial score (nSPS) is 10.4. The van der Waals surface area contributed by atoms with Crippen LogP contribution in [-0.4, -0.2) is 15.6 Å². The van der Waals surface area contributed by atoms with Crippen molar-refractivity contribution in [1.82, 2.24) is 9.78 Å². The lowest BCUT2D eigenvalue weighted by Gasteiger charge is -1.96. The summed E-state index contributed by atoms with van der Waals surface area (Å²) in [7, 11) is 1.78. The summed E-state index contributed by atoms with van der Waals surface area (Å²) in [6.07, 6.45) is 0. The molecule has 2 rings (SSSR count). The van der Waals surface area contributed by atoms with Crippen molar-refractivity contribution in [2.45, 2.75) is 6.92 Å². The standard InChI is InChI=1S/C12H11BrN2O/c1-8(16)12-7-11(14-15(12)2)9-4-3-5-10(13)6-9/h3-7H,1-2H3. The van der Waals surface area contributed by atoms with Crippen LogP contribution in [-0.2, 0) is 7.05 Å². The molecule has 0 atom stereocenters.